The van der Waals surface area contributed by atoms with Gasteiger partial charge in [0.05, 0.1) is 12.2 Å². The molecule has 1 aromatic carbocycles. The number of aliphatic hydroxyl groups is 1. The molecule has 0 atom stereocenters. The summed E-state index contributed by atoms with van der Waals surface area (Å²) in [6.45, 7) is 0.632. The molecule has 0 amide bonds. The molecule has 5 nitrogen and oxygen atoms in total. The molecule has 18 heavy (non-hydrogen) atoms. The molecule has 0 saturated carbocycles. The second-order valence-electron chi connectivity index (χ2n) is 3.52. The molecule has 0 aliphatic carbocycles. The predicted octanol–water partition coefficient (Wildman–Crippen LogP) is 1.43. The molecule has 2 aromatic rings. The lowest BCUT2D eigenvalue weighted by atomic mass is 10.3. The molecule has 0 bridgehead atoms. The van der Waals surface area contributed by atoms with Gasteiger partial charge in [0.2, 0.25) is 5.88 Å². The second kappa shape index (κ2) is 6.56. The average Bonchev–Trinajstić information content (AvgIpc) is 2.45. The fraction of sp³-hybridized carbons (Fsp3) is 0.231. The first-order chi connectivity index (χ1) is 8.90. The molecule has 5 heteroatoms. The third-order valence-electron chi connectivity index (χ3n) is 2.25. The maximum atomic E-state index is 9.06. The Kier molecular flexibility index (Phi) is 4.49. The van der Waals surface area contributed by atoms with E-state index in [-0.39, 0.29) is 6.61 Å². The molecule has 0 spiro atoms. The lowest BCUT2D eigenvalue weighted by molar-refractivity contribution is 0.204. The molecule has 0 radical (unpaired) electrons. The van der Waals surface area contributed by atoms with Crippen LogP contribution in [0.1, 0.15) is 5.56 Å². The van der Waals surface area contributed by atoms with E-state index in [1.807, 2.05) is 30.3 Å². The average molecular weight is 246 g/mol. The Morgan fingerprint density at radius 3 is 2.61 bits per heavy atom. The number of nitrogens with zero attached hydrogens (tertiary/aromatic N) is 2. The molecule has 0 saturated heterocycles. The van der Waals surface area contributed by atoms with Gasteiger partial charge in [-0.05, 0) is 12.1 Å². The van der Waals surface area contributed by atoms with Crippen molar-refractivity contribution in [2.45, 2.75) is 6.61 Å². The van der Waals surface area contributed by atoms with Crippen LogP contribution in [0.3, 0.4) is 0 Å². The van der Waals surface area contributed by atoms with Crippen LogP contribution >= 0.6 is 0 Å². The van der Waals surface area contributed by atoms with Crippen LogP contribution in [0.5, 0.6) is 11.6 Å². The smallest absolute Gasteiger partial charge is 0.222 e. The summed E-state index contributed by atoms with van der Waals surface area (Å²) in [7, 11) is 0. The molecule has 1 N–H and O–H groups in total. The standard InChI is InChI=1S/C13H14N2O3/c16-9-11-8-14-10-15-13(11)18-7-6-17-12-4-2-1-3-5-12/h1-5,8,10,16H,6-7,9H2. The van der Waals surface area contributed by atoms with Crippen molar-refractivity contribution in [1.29, 1.82) is 0 Å². The first kappa shape index (κ1) is 12.3. The van der Waals surface area contributed by atoms with Crippen molar-refractivity contribution >= 4 is 0 Å². The maximum Gasteiger partial charge on any atom is 0.222 e. The fourth-order valence-electron chi connectivity index (χ4n) is 1.40. The van der Waals surface area contributed by atoms with Crippen LogP contribution in [0.15, 0.2) is 42.9 Å². The Morgan fingerprint density at radius 1 is 1.06 bits per heavy atom. The normalized spacial score (nSPS) is 10.1. The predicted molar refractivity (Wildman–Crippen MR) is 65.4 cm³/mol. The summed E-state index contributed by atoms with van der Waals surface area (Å²) in [6, 6.07) is 9.50. The van der Waals surface area contributed by atoms with Gasteiger partial charge in [0.15, 0.2) is 0 Å². The Labute approximate surface area is 105 Å². The Hall–Kier alpha value is -2.14. The van der Waals surface area contributed by atoms with E-state index in [2.05, 4.69) is 9.97 Å². The summed E-state index contributed by atoms with van der Waals surface area (Å²) in [5.74, 6) is 1.19. The van der Waals surface area contributed by atoms with Gasteiger partial charge in [-0.3, -0.25) is 0 Å². The number of ether oxygens (including phenoxy) is 2. The first-order valence-electron chi connectivity index (χ1n) is 5.60. The van der Waals surface area contributed by atoms with Gasteiger partial charge in [-0.1, -0.05) is 18.2 Å². The summed E-state index contributed by atoms with van der Waals surface area (Å²) < 4.78 is 10.9. The van der Waals surface area contributed by atoms with Gasteiger partial charge in [-0.25, -0.2) is 9.97 Å². The van der Waals surface area contributed by atoms with Crippen LogP contribution in [0.4, 0.5) is 0 Å². The van der Waals surface area contributed by atoms with Crippen LogP contribution in [0.25, 0.3) is 0 Å². The highest BCUT2D eigenvalue weighted by Gasteiger charge is 2.03. The van der Waals surface area contributed by atoms with Crippen LogP contribution in [-0.4, -0.2) is 28.3 Å². The summed E-state index contributed by atoms with van der Waals surface area (Å²) in [5.41, 5.74) is 0.567. The zero-order valence-corrected chi connectivity index (χ0v) is 9.82. The summed E-state index contributed by atoms with van der Waals surface area (Å²) in [4.78, 5) is 7.75. The Balaban J connectivity index is 1.78. The number of hydrogen-bond donors (Lipinski definition) is 1. The van der Waals surface area contributed by atoms with Gasteiger partial charge < -0.3 is 14.6 Å². The minimum atomic E-state index is -0.143. The molecule has 2 rings (SSSR count). The molecular formula is C13H14N2O3. The number of hydrogen-bond acceptors (Lipinski definition) is 5. The van der Waals surface area contributed by atoms with E-state index in [1.54, 1.807) is 0 Å². The molecule has 0 fully saturated rings. The van der Waals surface area contributed by atoms with Crippen LogP contribution in [-0.2, 0) is 6.61 Å². The van der Waals surface area contributed by atoms with Crippen molar-refractivity contribution in [3.05, 3.63) is 48.4 Å². The zero-order chi connectivity index (χ0) is 12.6. The van der Waals surface area contributed by atoms with Gasteiger partial charge in [-0.15, -0.1) is 0 Å². The summed E-state index contributed by atoms with van der Waals surface area (Å²) in [5, 5.41) is 9.06. The number of rotatable bonds is 6. The number of para-hydroxylation sites is 1. The van der Waals surface area contributed by atoms with Crippen molar-refractivity contribution in [2.24, 2.45) is 0 Å². The van der Waals surface area contributed by atoms with E-state index in [0.29, 0.717) is 24.7 Å². The summed E-state index contributed by atoms with van der Waals surface area (Å²) in [6.07, 6.45) is 2.91. The number of aromatic nitrogens is 2. The highest BCUT2D eigenvalue weighted by molar-refractivity contribution is 5.22. The summed E-state index contributed by atoms with van der Waals surface area (Å²) >= 11 is 0. The largest absolute Gasteiger partial charge is 0.490 e. The van der Waals surface area contributed by atoms with E-state index >= 15 is 0 Å². The Bertz CT molecular complexity index is 477. The van der Waals surface area contributed by atoms with E-state index in [9.17, 15) is 0 Å². The third kappa shape index (κ3) is 3.43. The van der Waals surface area contributed by atoms with Gasteiger partial charge in [-0.2, -0.15) is 0 Å². The highest BCUT2D eigenvalue weighted by Crippen LogP contribution is 2.12. The Morgan fingerprint density at radius 2 is 1.83 bits per heavy atom. The molecule has 1 aromatic heterocycles. The highest BCUT2D eigenvalue weighted by atomic mass is 16.5. The van der Waals surface area contributed by atoms with Gasteiger partial charge in [0, 0.05) is 6.20 Å². The van der Waals surface area contributed by atoms with Crippen LogP contribution in [0.2, 0.25) is 0 Å². The maximum absolute atomic E-state index is 9.06. The lowest BCUT2D eigenvalue weighted by Crippen LogP contribution is -2.11. The first-order valence-corrected chi connectivity index (χ1v) is 5.60. The minimum absolute atomic E-state index is 0.143. The molecule has 94 valence electrons. The van der Waals surface area contributed by atoms with Crippen molar-refractivity contribution in [2.75, 3.05) is 13.2 Å². The van der Waals surface area contributed by atoms with Gasteiger partial charge >= 0.3 is 0 Å². The second-order valence-corrected chi connectivity index (χ2v) is 3.52. The SMILES string of the molecule is OCc1cncnc1OCCOc1ccccc1. The van der Waals surface area contributed by atoms with Crippen molar-refractivity contribution in [3.63, 3.8) is 0 Å². The van der Waals surface area contributed by atoms with Crippen molar-refractivity contribution in [1.82, 2.24) is 9.97 Å². The van der Waals surface area contributed by atoms with E-state index < -0.39 is 0 Å². The molecule has 0 aliphatic rings. The van der Waals surface area contributed by atoms with Crippen LogP contribution < -0.4 is 9.47 Å². The van der Waals surface area contributed by atoms with Crippen molar-refractivity contribution in [3.8, 4) is 11.6 Å². The van der Waals surface area contributed by atoms with E-state index in [0.717, 1.165) is 5.75 Å². The third-order valence-corrected chi connectivity index (χ3v) is 2.25. The zero-order valence-electron chi connectivity index (χ0n) is 9.82. The topological polar surface area (TPSA) is 64.5 Å². The van der Waals surface area contributed by atoms with Crippen molar-refractivity contribution < 1.29 is 14.6 Å². The molecule has 1 heterocycles. The number of aliphatic hydroxyl groups excluding tert-OH is 1. The van der Waals surface area contributed by atoms with E-state index in [1.165, 1.54) is 12.5 Å². The number of benzene rings is 1. The minimum Gasteiger partial charge on any atom is -0.490 e. The fourth-order valence-corrected chi connectivity index (χ4v) is 1.40. The molecule has 0 unspecified atom stereocenters. The van der Waals surface area contributed by atoms with Gasteiger partial charge in [0.1, 0.15) is 25.3 Å². The van der Waals surface area contributed by atoms with Crippen LogP contribution in [0, 0.1) is 0 Å². The van der Waals surface area contributed by atoms with Gasteiger partial charge in [0.25, 0.3) is 0 Å². The molecule has 0 aliphatic heterocycles. The molecular weight excluding hydrogens is 232 g/mol. The lowest BCUT2D eigenvalue weighted by Gasteiger charge is -2.09. The van der Waals surface area contributed by atoms with E-state index in [4.69, 9.17) is 14.6 Å². The monoisotopic (exact) mass is 246 g/mol. The quantitative estimate of drug-likeness (QED) is 0.781.